The first-order valence-electron chi connectivity index (χ1n) is 2.00. The molecule has 22 heteroatoms. The number of hydrogen-bond acceptors (Lipinski definition) is 12. The molecule has 0 unspecified atom stereocenters. The van der Waals surface area contributed by atoms with Crippen LogP contribution in [-0.4, -0.2) is 80.0 Å². The van der Waals surface area contributed by atoms with Crippen molar-refractivity contribution < 1.29 is 114 Å². The third-order valence-electron chi connectivity index (χ3n) is 0. The largest absolute Gasteiger partial charge is 0.759 e. The summed E-state index contributed by atoms with van der Waals surface area (Å²) in [5.41, 5.74) is 0. The Labute approximate surface area is 145 Å². The number of rotatable bonds is 0. The van der Waals surface area contributed by atoms with Gasteiger partial charge in [0.15, 0.2) is 0 Å². The van der Waals surface area contributed by atoms with Crippen molar-refractivity contribution in [3.8, 4) is 0 Å². The minimum Gasteiger partial charge on any atom is -0.759 e. The van der Waals surface area contributed by atoms with Gasteiger partial charge in [-0.15, -0.1) is 0 Å². The van der Waals surface area contributed by atoms with Gasteiger partial charge < -0.3 is 54.7 Å². The normalized spacial score (nSPS) is 7.91. The predicted molar refractivity (Wildman–Crippen MR) is 49.5 cm³/mol. The van der Waals surface area contributed by atoms with Gasteiger partial charge in [0.05, 0.1) is 0 Å². The minimum absolute atomic E-state index is 0. The van der Waals surface area contributed by atoms with Crippen LogP contribution < -0.4 is 0 Å². The zero-order valence-electron chi connectivity index (χ0n) is 9.33. The van der Waals surface area contributed by atoms with Gasteiger partial charge in [-0.2, -0.15) is 0 Å². The zero-order valence-corrected chi connectivity index (χ0v) is 14.0. The maximum Gasteiger partial charge on any atom is 0.0311 e. The van der Waals surface area contributed by atoms with Crippen LogP contribution in [0.2, 0.25) is 0 Å². The molecule has 0 amide bonds. The molecule has 0 aromatic carbocycles. The van der Waals surface area contributed by atoms with Gasteiger partial charge in [0.2, 0.25) is 0 Å². The molecule has 0 saturated heterocycles. The predicted octanol–water partition coefficient (Wildman–Crippen LogP) is -8.14. The van der Waals surface area contributed by atoms with E-state index < -0.39 is 31.2 Å². The molecule has 152 valence electrons. The third kappa shape index (κ3) is 38400. The Kier molecular flexibility index (Phi) is 79.8. The van der Waals surface area contributed by atoms with Crippen molar-refractivity contribution in [2.24, 2.45) is 0 Å². The first kappa shape index (κ1) is 66.6. The van der Waals surface area contributed by atoms with Crippen LogP contribution in [0.25, 0.3) is 0 Å². The van der Waals surface area contributed by atoms with Crippen LogP contribution in [0.4, 0.5) is 0 Å². The fourth-order valence-electron chi connectivity index (χ4n) is 0. The van der Waals surface area contributed by atoms with E-state index in [0.717, 1.165) is 0 Å². The first-order valence-corrected chi connectivity index (χ1v) is 6.00. The molecule has 0 aliphatic carbocycles. The molecular weight excluding hydrogens is 480 g/mol. The van der Waals surface area contributed by atoms with Crippen LogP contribution in [-0.2, 0) is 65.3 Å². The topological polar surface area (TPSA) is 398 Å². The average molecular weight is 490 g/mol. The summed E-state index contributed by atoms with van der Waals surface area (Å²) < 4.78 is 102. The average Bonchev–Trinajstić information content (AvgIpc) is 1.41. The van der Waals surface area contributed by atoms with Crippen molar-refractivity contribution in [3.05, 3.63) is 0 Å². The van der Waals surface area contributed by atoms with E-state index in [1.807, 2.05) is 0 Å². The van der Waals surface area contributed by atoms with Gasteiger partial charge in [-0.05, 0) is 0 Å². The van der Waals surface area contributed by atoms with Gasteiger partial charge in [0.1, 0.15) is 0 Å². The van der Waals surface area contributed by atoms with Crippen molar-refractivity contribution in [2.45, 2.75) is 0 Å². The molecule has 17 nitrogen and oxygen atoms in total. The Morgan fingerprint density at radius 3 is 0.364 bits per heavy atom. The van der Waals surface area contributed by atoms with Gasteiger partial charge >= 0.3 is 0 Å². The van der Waals surface area contributed by atoms with Crippen LogP contribution >= 0.6 is 0 Å². The molecule has 0 atom stereocenters. The second-order valence-corrected chi connectivity index (χ2v) is 3.67. The Bertz CT molecular complexity index is 343. The molecule has 0 aromatic heterocycles. The molecule has 0 fully saturated rings. The third-order valence-corrected chi connectivity index (χ3v) is 0. The van der Waals surface area contributed by atoms with E-state index in [0.29, 0.717) is 0 Å². The Morgan fingerprint density at radius 1 is 0.364 bits per heavy atom. The summed E-state index contributed by atoms with van der Waals surface area (Å²) in [5.74, 6) is 0. The van der Waals surface area contributed by atoms with E-state index in [4.69, 9.17) is 52.6 Å². The first-order chi connectivity index (χ1) is 6.00. The van der Waals surface area contributed by atoms with Crippen LogP contribution in [0.5, 0.6) is 0 Å². The number of hydrogen-bond donors (Lipinski definition) is 0. The summed E-state index contributed by atoms with van der Waals surface area (Å²) in [6.45, 7) is 0. The Morgan fingerprint density at radius 2 is 0.364 bits per heavy atom. The van der Waals surface area contributed by atoms with Gasteiger partial charge in [0, 0.05) is 65.3 Å². The molecule has 22 heavy (non-hydrogen) atoms. The van der Waals surface area contributed by atoms with Crippen LogP contribution in [0.1, 0.15) is 0 Å². The summed E-state index contributed by atoms with van der Waals surface area (Å²) in [6, 6.07) is 0. The smallest absolute Gasteiger partial charge is 0.0311 e. The summed E-state index contributed by atoms with van der Waals surface area (Å²) >= 11 is 0. The van der Waals surface area contributed by atoms with E-state index in [9.17, 15) is 0 Å². The monoisotopic (exact) mass is 490 g/mol. The summed E-state index contributed by atoms with van der Waals surface area (Å²) in [5, 5.41) is 0. The molecule has 0 radical (unpaired) electrons. The van der Waals surface area contributed by atoms with E-state index in [2.05, 4.69) is 0 Å². The second kappa shape index (κ2) is 26.4. The van der Waals surface area contributed by atoms with Crippen LogP contribution in [0, 0.1) is 0 Å². The molecule has 0 aliphatic rings. The van der Waals surface area contributed by atoms with Gasteiger partial charge in [-0.3, -0.25) is 25.3 Å². The maximum absolute atomic E-state index is 8.52. The van der Waals surface area contributed by atoms with Crippen molar-refractivity contribution in [1.29, 1.82) is 0 Å². The second-order valence-electron chi connectivity index (χ2n) is 1.22. The van der Waals surface area contributed by atoms with Gasteiger partial charge in [0.25, 0.3) is 0 Å². The fraction of sp³-hybridized carbons (Fsp3) is 0. The Balaban J connectivity index is -0.0000000106. The van der Waals surface area contributed by atoms with Crippen molar-refractivity contribution in [2.75, 3.05) is 0 Å². The summed E-state index contributed by atoms with van der Waals surface area (Å²) in [4.78, 5) is 0. The van der Waals surface area contributed by atoms with Gasteiger partial charge in [-0.25, -0.2) is 0 Å². The quantitative estimate of drug-likeness (QED) is 0.173. The summed E-state index contributed by atoms with van der Waals surface area (Å²) in [7, 11) is -15.5. The fourth-order valence-corrected chi connectivity index (χ4v) is 0. The molecule has 0 saturated carbocycles. The van der Waals surface area contributed by atoms with Crippen LogP contribution in [0.15, 0.2) is 0 Å². The molecule has 10 N–H and O–H groups in total. The van der Waals surface area contributed by atoms with Crippen molar-refractivity contribution in [1.82, 2.24) is 0 Å². The zero-order chi connectivity index (χ0) is 13.5. The SMILES string of the molecule is O.O.O.O.O.O=S(=O)([O-])[O-].O=S(=O)([O-])[O-].O=S(=O)([O-])[O-].[Fe].[Fe]. The standard InChI is InChI=1S/2Fe.3H2O4S.5H2O/c;;3*1-5(2,3)4;;;;;/h;;3*(H2,1,2,3,4);5*1H2/p-6. The molecule has 0 heterocycles. The van der Waals surface area contributed by atoms with E-state index in [1.54, 1.807) is 0 Å². The van der Waals surface area contributed by atoms with Crippen molar-refractivity contribution in [3.63, 3.8) is 0 Å². The van der Waals surface area contributed by atoms with Crippen LogP contribution in [0.3, 0.4) is 0 Å². The van der Waals surface area contributed by atoms with Crippen molar-refractivity contribution >= 4 is 31.2 Å². The maximum atomic E-state index is 8.52. The molecule has 0 aliphatic heterocycles. The molecule has 0 spiro atoms. The molecule has 0 aromatic rings. The molecule has 0 rings (SSSR count). The molecular formula is H10Fe2O17S3-6. The van der Waals surface area contributed by atoms with E-state index >= 15 is 0 Å². The molecule has 0 bridgehead atoms. The Hall–Kier alpha value is 0.449. The van der Waals surface area contributed by atoms with E-state index in [1.165, 1.54) is 0 Å². The van der Waals surface area contributed by atoms with Gasteiger partial charge in [-0.1, -0.05) is 0 Å². The summed E-state index contributed by atoms with van der Waals surface area (Å²) in [6.07, 6.45) is 0. The van der Waals surface area contributed by atoms with E-state index in [-0.39, 0.29) is 61.5 Å². The minimum atomic E-state index is -5.17.